The third-order valence-electron chi connectivity index (χ3n) is 6.67. The molecule has 232 valence electrons. The minimum Gasteiger partial charge on any atom is -0.388 e. The van der Waals surface area contributed by atoms with Gasteiger partial charge in [0.15, 0.2) is 0 Å². The average molecular weight is 698 g/mol. The highest BCUT2D eigenvalue weighted by Gasteiger charge is 2.32. The minimum atomic E-state index is -4.08. The first-order valence-corrected chi connectivity index (χ1v) is 16.5. The van der Waals surface area contributed by atoms with E-state index in [4.69, 9.17) is 46.4 Å². The minimum absolute atomic E-state index is 0.0280. The van der Waals surface area contributed by atoms with Gasteiger partial charge < -0.3 is 10.0 Å². The van der Waals surface area contributed by atoms with Crippen LogP contribution in [0, 0.1) is 5.82 Å². The van der Waals surface area contributed by atoms with E-state index in [-0.39, 0.29) is 53.7 Å². The molecule has 1 unspecified atom stereocenters. The van der Waals surface area contributed by atoms with E-state index in [0.717, 1.165) is 9.87 Å². The summed E-state index contributed by atoms with van der Waals surface area (Å²) in [6.45, 7) is 1.43. The molecule has 6 nitrogen and oxygen atoms in total. The zero-order chi connectivity index (χ0) is 32.1. The van der Waals surface area contributed by atoms with Crippen molar-refractivity contribution in [1.29, 1.82) is 0 Å². The van der Waals surface area contributed by atoms with Gasteiger partial charge in [0.2, 0.25) is 10.0 Å². The topological polar surface area (TPSA) is 77.9 Å². The lowest BCUT2D eigenvalue weighted by Crippen LogP contribution is -2.44. The summed E-state index contributed by atoms with van der Waals surface area (Å²) in [6, 6.07) is 23.2. The van der Waals surface area contributed by atoms with Crippen LogP contribution < -0.4 is 0 Å². The summed E-state index contributed by atoms with van der Waals surface area (Å²) in [5, 5.41) is 11.8. The van der Waals surface area contributed by atoms with Crippen molar-refractivity contribution in [1.82, 2.24) is 9.21 Å². The number of carbonyl (C=O) groups excluding carboxylic acids is 1. The number of rotatable bonds is 12. The maximum absolute atomic E-state index is 13.7. The molecule has 0 saturated carbocycles. The zero-order valence-corrected chi connectivity index (χ0v) is 27.4. The van der Waals surface area contributed by atoms with Crippen LogP contribution >= 0.6 is 46.4 Å². The van der Waals surface area contributed by atoms with E-state index in [1.807, 2.05) is 0 Å². The lowest BCUT2D eigenvalue weighted by atomic mass is 10.1. The fourth-order valence-corrected chi connectivity index (χ4v) is 7.00. The summed E-state index contributed by atoms with van der Waals surface area (Å²) in [6.07, 6.45) is 0. The normalized spacial score (nSPS) is 13.1. The first kappa shape index (κ1) is 34.2. The number of hydrogen-bond donors (Lipinski definition) is 1. The number of halogens is 5. The third kappa shape index (κ3) is 9.17. The molecule has 0 fully saturated rings. The molecule has 0 aliphatic rings. The summed E-state index contributed by atoms with van der Waals surface area (Å²) < 4.78 is 41.8. The molecule has 4 aromatic rings. The Bertz CT molecular complexity index is 1700. The van der Waals surface area contributed by atoms with Gasteiger partial charge in [0, 0.05) is 46.8 Å². The number of alkyl halides is 1. The van der Waals surface area contributed by atoms with E-state index in [2.05, 4.69) is 0 Å². The number of benzene rings is 4. The number of aliphatic hydroxyl groups is 1. The monoisotopic (exact) mass is 696 g/mol. The van der Waals surface area contributed by atoms with Crippen molar-refractivity contribution in [2.75, 3.05) is 12.4 Å². The summed E-state index contributed by atoms with van der Waals surface area (Å²) in [7, 11) is -4.08. The first-order chi connectivity index (χ1) is 20.8. The van der Waals surface area contributed by atoms with Crippen molar-refractivity contribution in [3.8, 4) is 0 Å². The van der Waals surface area contributed by atoms with Gasteiger partial charge in [-0.3, -0.25) is 4.79 Å². The number of amides is 1. The maximum atomic E-state index is 13.7. The second kappa shape index (κ2) is 14.6. The van der Waals surface area contributed by atoms with Crippen LogP contribution in [-0.4, -0.2) is 46.7 Å². The van der Waals surface area contributed by atoms with Gasteiger partial charge in [0.1, 0.15) is 5.82 Å². The Morgan fingerprint density at radius 1 is 0.795 bits per heavy atom. The Kier molecular flexibility index (Phi) is 11.3. The predicted octanol–water partition coefficient (Wildman–Crippen LogP) is 7.81. The fraction of sp³-hybridized carbons (Fsp3) is 0.219. The molecule has 0 heterocycles. The van der Waals surface area contributed by atoms with Crippen molar-refractivity contribution >= 4 is 62.3 Å². The molecule has 44 heavy (non-hydrogen) atoms. The summed E-state index contributed by atoms with van der Waals surface area (Å²) in [4.78, 5) is 15.3. The van der Waals surface area contributed by atoms with Gasteiger partial charge in [-0.05, 0) is 84.3 Å². The molecular weight excluding hydrogens is 669 g/mol. The third-order valence-corrected chi connectivity index (χ3v) is 9.70. The Morgan fingerprint density at radius 2 is 1.36 bits per heavy atom. The molecule has 4 aromatic carbocycles. The molecule has 1 atom stereocenters. The van der Waals surface area contributed by atoms with Crippen LogP contribution in [0.1, 0.15) is 34.0 Å². The molecule has 1 amide bonds. The molecule has 1 N–H and O–H groups in total. The predicted molar refractivity (Wildman–Crippen MR) is 173 cm³/mol. The fourth-order valence-electron chi connectivity index (χ4n) is 4.50. The lowest BCUT2D eigenvalue weighted by molar-refractivity contribution is 0.0610. The van der Waals surface area contributed by atoms with Crippen molar-refractivity contribution in [2.24, 2.45) is 0 Å². The number of nitrogens with zero attached hydrogens (tertiary/aromatic N) is 2. The average Bonchev–Trinajstić information content (AvgIpc) is 2.97. The Morgan fingerprint density at radius 3 is 1.95 bits per heavy atom. The van der Waals surface area contributed by atoms with Crippen LogP contribution in [-0.2, 0) is 29.7 Å². The standard InChI is InChI=1S/C32H29Cl4FN2O4S/c1-32(41,20-33)21-39(44(42,43)30-4-2-3-26(34)16-30)19-23-5-9-25(10-6-23)31(40)38(17-22-7-11-29(37)12-8-22)18-24-13-27(35)15-28(36)14-24/h2-16,41H,17-21H2,1H3. The van der Waals surface area contributed by atoms with Crippen molar-refractivity contribution in [3.05, 3.63) is 134 Å². The molecule has 0 spiro atoms. The van der Waals surface area contributed by atoms with Crippen molar-refractivity contribution in [2.45, 2.75) is 37.1 Å². The molecule has 12 heteroatoms. The smallest absolute Gasteiger partial charge is 0.254 e. The summed E-state index contributed by atoms with van der Waals surface area (Å²) >= 11 is 24.4. The highest BCUT2D eigenvalue weighted by atomic mass is 35.5. The molecule has 0 aromatic heterocycles. The molecule has 0 aliphatic carbocycles. The van der Waals surface area contributed by atoms with E-state index < -0.39 is 15.6 Å². The van der Waals surface area contributed by atoms with Crippen LogP contribution in [0.4, 0.5) is 4.39 Å². The highest BCUT2D eigenvalue weighted by molar-refractivity contribution is 7.89. The van der Waals surface area contributed by atoms with Crippen LogP contribution in [0.2, 0.25) is 15.1 Å². The molecule has 0 aliphatic heterocycles. The first-order valence-electron chi connectivity index (χ1n) is 13.4. The quantitative estimate of drug-likeness (QED) is 0.153. The Labute approximate surface area is 276 Å². The van der Waals surface area contributed by atoms with Crippen LogP contribution in [0.5, 0.6) is 0 Å². The van der Waals surface area contributed by atoms with Crippen LogP contribution in [0.15, 0.2) is 95.9 Å². The largest absolute Gasteiger partial charge is 0.388 e. The summed E-state index contributed by atoms with van der Waals surface area (Å²) in [5.74, 6) is -0.891. The number of carbonyl (C=O) groups is 1. The van der Waals surface area contributed by atoms with Crippen LogP contribution in [0.3, 0.4) is 0 Å². The van der Waals surface area contributed by atoms with Crippen molar-refractivity contribution < 1.29 is 22.7 Å². The summed E-state index contributed by atoms with van der Waals surface area (Å²) in [5.41, 5.74) is 0.846. The van der Waals surface area contributed by atoms with Gasteiger partial charge in [0.05, 0.1) is 16.4 Å². The number of sulfonamides is 1. The number of hydrogen-bond acceptors (Lipinski definition) is 4. The van der Waals surface area contributed by atoms with E-state index in [1.165, 1.54) is 37.3 Å². The molecular formula is C32H29Cl4FN2O4S. The SMILES string of the molecule is CC(O)(CCl)CN(Cc1ccc(C(=O)N(Cc2ccc(F)cc2)Cc2cc(Cl)cc(Cl)c2)cc1)S(=O)(=O)c1cccc(Cl)c1. The molecule has 0 bridgehead atoms. The second-order valence-corrected chi connectivity index (χ2v) is 14.1. The Hall–Kier alpha value is -2.69. The molecule has 0 saturated heterocycles. The van der Waals surface area contributed by atoms with E-state index in [0.29, 0.717) is 26.7 Å². The van der Waals surface area contributed by atoms with Gasteiger partial charge in [-0.1, -0.05) is 65.1 Å². The van der Waals surface area contributed by atoms with E-state index in [9.17, 15) is 22.7 Å². The second-order valence-electron chi connectivity index (χ2n) is 10.6. The maximum Gasteiger partial charge on any atom is 0.254 e. The molecule has 4 rings (SSSR count). The molecule has 0 radical (unpaired) electrons. The van der Waals surface area contributed by atoms with E-state index in [1.54, 1.807) is 65.6 Å². The highest BCUT2D eigenvalue weighted by Crippen LogP contribution is 2.25. The zero-order valence-electron chi connectivity index (χ0n) is 23.6. The Balaban J connectivity index is 1.61. The van der Waals surface area contributed by atoms with Gasteiger partial charge in [0.25, 0.3) is 5.91 Å². The van der Waals surface area contributed by atoms with Crippen molar-refractivity contribution in [3.63, 3.8) is 0 Å². The lowest BCUT2D eigenvalue weighted by Gasteiger charge is -2.30. The van der Waals surface area contributed by atoms with Gasteiger partial charge in [-0.25, -0.2) is 12.8 Å². The van der Waals surface area contributed by atoms with Gasteiger partial charge in [-0.2, -0.15) is 4.31 Å². The van der Waals surface area contributed by atoms with Gasteiger partial charge >= 0.3 is 0 Å². The van der Waals surface area contributed by atoms with Crippen LogP contribution in [0.25, 0.3) is 0 Å². The van der Waals surface area contributed by atoms with Gasteiger partial charge in [-0.15, -0.1) is 11.6 Å². The van der Waals surface area contributed by atoms with E-state index >= 15 is 0 Å².